The lowest BCUT2D eigenvalue weighted by atomic mass is 9.99. The Bertz CT molecular complexity index is 1550. The van der Waals surface area contributed by atoms with Crippen LogP contribution in [0.4, 0.5) is 5.69 Å². The monoisotopic (exact) mass is 600 g/mol. The van der Waals surface area contributed by atoms with Crippen LogP contribution in [-0.2, 0) is 16.6 Å². The maximum absolute atomic E-state index is 13.8. The normalized spacial score (nSPS) is 19.2. The molecular formula is C29H36N4O8S. The van der Waals surface area contributed by atoms with Gasteiger partial charge in [0, 0.05) is 31.2 Å². The van der Waals surface area contributed by atoms with Crippen molar-refractivity contribution in [2.45, 2.75) is 51.3 Å². The van der Waals surface area contributed by atoms with Crippen molar-refractivity contribution in [2.24, 2.45) is 5.92 Å². The number of sulfonamides is 1. The molecule has 2 N–H and O–H groups in total. The first kappa shape index (κ1) is 29.7. The van der Waals surface area contributed by atoms with Crippen LogP contribution in [0.3, 0.4) is 0 Å². The van der Waals surface area contributed by atoms with Gasteiger partial charge in [-0.05, 0) is 63.7 Å². The van der Waals surface area contributed by atoms with Gasteiger partial charge < -0.3 is 28.7 Å². The molecule has 3 aromatic rings. The van der Waals surface area contributed by atoms with Crippen LogP contribution >= 0.6 is 0 Å². The number of rotatable bonds is 9. The number of aryl methyl sites for hydroxylation is 2. The van der Waals surface area contributed by atoms with Gasteiger partial charge in [0.15, 0.2) is 22.2 Å². The quantitative estimate of drug-likeness (QED) is 0.376. The van der Waals surface area contributed by atoms with Gasteiger partial charge in [0.2, 0.25) is 6.79 Å². The van der Waals surface area contributed by atoms with Crippen LogP contribution in [0.5, 0.6) is 17.2 Å². The van der Waals surface area contributed by atoms with E-state index < -0.39 is 16.1 Å². The van der Waals surface area contributed by atoms with Gasteiger partial charge in [-0.2, -0.15) is 0 Å². The number of hydrogen-bond donors (Lipinski definition) is 2. The number of amides is 1. The van der Waals surface area contributed by atoms with Gasteiger partial charge in [-0.25, -0.2) is 8.42 Å². The number of aliphatic hydroxyl groups excluding tert-OH is 1. The summed E-state index contributed by atoms with van der Waals surface area (Å²) < 4.78 is 51.2. The number of aromatic nitrogens is 1. The Balaban J connectivity index is 1.41. The lowest BCUT2D eigenvalue weighted by molar-refractivity contribution is 0.0341. The van der Waals surface area contributed by atoms with Crippen LogP contribution in [0.25, 0.3) is 0 Å². The molecule has 2 aliphatic heterocycles. The molecule has 0 spiro atoms. The first-order chi connectivity index (χ1) is 20.0. The fraction of sp³-hybridized carbons (Fsp3) is 0.448. The van der Waals surface area contributed by atoms with Crippen molar-refractivity contribution < 1.29 is 37.1 Å². The summed E-state index contributed by atoms with van der Waals surface area (Å²) in [6.07, 6.45) is -0.311. The highest BCUT2D eigenvalue weighted by atomic mass is 32.2. The fourth-order valence-corrected chi connectivity index (χ4v) is 6.67. The zero-order valence-corrected chi connectivity index (χ0v) is 25.1. The third kappa shape index (κ3) is 6.03. The molecular weight excluding hydrogens is 564 g/mol. The average Bonchev–Trinajstić information content (AvgIpc) is 3.55. The summed E-state index contributed by atoms with van der Waals surface area (Å²) in [6, 6.07) is 10.0. The maximum atomic E-state index is 13.8. The number of fused-ring (bicyclic) bond motifs is 2. The molecule has 226 valence electrons. The van der Waals surface area contributed by atoms with E-state index in [1.54, 1.807) is 30.9 Å². The number of nitrogens with zero attached hydrogens (tertiary/aromatic N) is 3. The number of aliphatic hydroxyl groups is 1. The minimum Gasteiger partial charge on any atom is -0.488 e. The van der Waals surface area contributed by atoms with Gasteiger partial charge >= 0.3 is 0 Å². The van der Waals surface area contributed by atoms with E-state index >= 15 is 0 Å². The lowest BCUT2D eigenvalue weighted by Gasteiger charge is -2.38. The molecule has 0 radical (unpaired) electrons. The predicted octanol–water partition coefficient (Wildman–Crippen LogP) is 3.17. The Labute approximate surface area is 245 Å². The van der Waals surface area contributed by atoms with E-state index in [0.29, 0.717) is 25.4 Å². The number of likely N-dealkylation sites (N-methyl/N-ethyl adjacent to an activating group) is 1. The van der Waals surface area contributed by atoms with Crippen LogP contribution in [0, 0.1) is 19.8 Å². The minimum absolute atomic E-state index is 0.0493. The predicted molar refractivity (Wildman–Crippen MR) is 153 cm³/mol. The van der Waals surface area contributed by atoms with Crippen molar-refractivity contribution in [3.63, 3.8) is 0 Å². The standard InChI is InChI=1S/C29H36N4O8S/c1-17-12-33(18(2)15-34)29(35)23-11-22(31-42(36,37)28-19(3)30-41-20(28)4)7-9-24(23)40-27(17)14-32(5)13-21-6-8-25-26(10-21)39-16-38-25/h6-11,17-18,27,31,34H,12-16H2,1-5H3/t17-,18+,27-/m0/s1. The Morgan fingerprint density at radius 1 is 1.14 bits per heavy atom. The number of nitrogens with one attached hydrogen (secondary N) is 1. The molecule has 0 aliphatic carbocycles. The van der Waals surface area contributed by atoms with Gasteiger partial charge in [0.05, 0.1) is 18.2 Å². The van der Waals surface area contributed by atoms with Crippen molar-refractivity contribution in [3.05, 3.63) is 59.0 Å². The number of anilines is 1. The van der Waals surface area contributed by atoms with Crippen LogP contribution in [0.2, 0.25) is 0 Å². The summed E-state index contributed by atoms with van der Waals surface area (Å²) >= 11 is 0. The summed E-state index contributed by atoms with van der Waals surface area (Å²) in [5.74, 6) is 1.51. The number of carbonyl (C=O) groups excluding carboxylic acids is 1. The second-order valence-corrected chi connectivity index (χ2v) is 12.6. The molecule has 2 aliphatic rings. The van der Waals surface area contributed by atoms with Crippen molar-refractivity contribution >= 4 is 21.6 Å². The van der Waals surface area contributed by atoms with E-state index in [9.17, 15) is 18.3 Å². The molecule has 0 fully saturated rings. The van der Waals surface area contributed by atoms with Crippen LogP contribution < -0.4 is 18.9 Å². The molecule has 1 amide bonds. The van der Waals surface area contributed by atoms with E-state index in [2.05, 4.69) is 14.8 Å². The van der Waals surface area contributed by atoms with Gasteiger partial charge in [-0.3, -0.25) is 14.4 Å². The molecule has 3 heterocycles. The number of ether oxygens (including phenoxy) is 3. The molecule has 3 atom stereocenters. The van der Waals surface area contributed by atoms with Gasteiger partial charge in [-0.1, -0.05) is 18.1 Å². The van der Waals surface area contributed by atoms with Crippen LogP contribution in [0.1, 0.15) is 41.2 Å². The number of carbonyl (C=O) groups is 1. The van der Waals surface area contributed by atoms with Gasteiger partial charge in [0.25, 0.3) is 15.9 Å². The van der Waals surface area contributed by atoms with Crippen molar-refractivity contribution in [3.8, 4) is 17.2 Å². The zero-order valence-electron chi connectivity index (χ0n) is 24.3. The van der Waals surface area contributed by atoms with Crippen LogP contribution in [-0.4, -0.2) is 80.1 Å². The summed E-state index contributed by atoms with van der Waals surface area (Å²) in [7, 11) is -2.04. The van der Waals surface area contributed by atoms with E-state index in [4.69, 9.17) is 18.7 Å². The Hall–Kier alpha value is -3.81. The second kappa shape index (κ2) is 11.8. The molecule has 2 aromatic carbocycles. The molecule has 13 heteroatoms. The lowest BCUT2D eigenvalue weighted by Crippen LogP contribution is -2.49. The Morgan fingerprint density at radius 3 is 2.60 bits per heavy atom. The van der Waals surface area contributed by atoms with Crippen molar-refractivity contribution in [2.75, 3.05) is 38.3 Å². The van der Waals surface area contributed by atoms with Gasteiger partial charge in [-0.15, -0.1) is 0 Å². The maximum Gasteiger partial charge on any atom is 0.267 e. The Morgan fingerprint density at radius 2 is 1.88 bits per heavy atom. The average molecular weight is 601 g/mol. The number of benzene rings is 2. The highest BCUT2D eigenvalue weighted by molar-refractivity contribution is 7.92. The van der Waals surface area contributed by atoms with Gasteiger partial charge in [0.1, 0.15) is 17.5 Å². The van der Waals surface area contributed by atoms with Crippen molar-refractivity contribution in [1.82, 2.24) is 15.0 Å². The van der Waals surface area contributed by atoms with E-state index in [0.717, 1.165) is 17.1 Å². The highest BCUT2D eigenvalue weighted by Gasteiger charge is 2.34. The third-order valence-electron chi connectivity index (χ3n) is 7.53. The minimum atomic E-state index is -4.03. The van der Waals surface area contributed by atoms with E-state index in [-0.39, 0.29) is 58.9 Å². The smallest absolute Gasteiger partial charge is 0.267 e. The van der Waals surface area contributed by atoms with Crippen LogP contribution in [0.15, 0.2) is 45.8 Å². The molecule has 0 unspecified atom stereocenters. The topological polar surface area (TPSA) is 144 Å². The molecule has 42 heavy (non-hydrogen) atoms. The second-order valence-electron chi connectivity index (χ2n) is 11.0. The largest absolute Gasteiger partial charge is 0.488 e. The van der Waals surface area contributed by atoms with E-state index in [1.165, 1.54) is 13.0 Å². The zero-order chi connectivity index (χ0) is 30.2. The van der Waals surface area contributed by atoms with E-state index in [1.807, 2.05) is 32.2 Å². The summed E-state index contributed by atoms with van der Waals surface area (Å²) in [4.78, 5) is 17.5. The number of hydrogen-bond acceptors (Lipinski definition) is 10. The SMILES string of the molecule is Cc1noc(C)c1S(=O)(=O)Nc1ccc2c(c1)C(=O)N([C@H](C)CO)C[C@H](C)[C@H](CN(C)Cc1ccc3c(c1)OCO3)O2. The first-order valence-electron chi connectivity index (χ1n) is 13.7. The fourth-order valence-electron chi connectivity index (χ4n) is 5.29. The highest BCUT2D eigenvalue weighted by Crippen LogP contribution is 2.34. The molecule has 12 nitrogen and oxygen atoms in total. The Kier molecular flexibility index (Phi) is 8.35. The van der Waals surface area contributed by atoms with Crippen molar-refractivity contribution in [1.29, 1.82) is 0 Å². The molecule has 0 saturated heterocycles. The summed E-state index contributed by atoms with van der Waals surface area (Å²) in [5.41, 5.74) is 1.67. The first-order valence-corrected chi connectivity index (χ1v) is 15.2. The summed E-state index contributed by atoms with van der Waals surface area (Å²) in [6.45, 7) is 8.37. The molecule has 1 aromatic heterocycles. The molecule has 0 bridgehead atoms. The molecule has 0 saturated carbocycles. The molecule has 5 rings (SSSR count). The summed E-state index contributed by atoms with van der Waals surface area (Å²) in [5, 5.41) is 13.7. The third-order valence-corrected chi connectivity index (χ3v) is 9.16.